The minimum Gasteiger partial charge on any atom is -0.381 e. The van der Waals surface area contributed by atoms with Gasteiger partial charge in [0.2, 0.25) is 5.89 Å². The number of halogens is 1. The van der Waals surface area contributed by atoms with E-state index in [-0.39, 0.29) is 17.9 Å². The van der Waals surface area contributed by atoms with Gasteiger partial charge in [-0.3, -0.25) is 0 Å². The second kappa shape index (κ2) is 4.92. The van der Waals surface area contributed by atoms with Gasteiger partial charge < -0.3 is 15.0 Å². The van der Waals surface area contributed by atoms with E-state index >= 15 is 0 Å². The van der Waals surface area contributed by atoms with Crippen molar-refractivity contribution in [1.82, 2.24) is 10.1 Å². The van der Waals surface area contributed by atoms with E-state index in [1.54, 1.807) is 0 Å². The van der Waals surface area contributed by atoms with Crippen molar-refractivity contribution in [3.05, 3.63) is 11.7 Å². The Morgan fingerprint density at radius 1 is 1.41 bits per heavy atom. The molecule has 0 bridgehead atoms. The number of hydrogen-bond donors (Lipinski definition) is 1. The largest absolute Gasteiger partial charge is 0.381 e. The SMILES string of the molecule is Cl.NC1(c2noc(CC3CCOC3)n2)CCC1. The van der Waals surface area contributed by atoms with Crippen molar-refractivity contribution in [2.24, 2.45) is 11.7 Å². The highest BCUT2D eigenvalue weighted by Gasteiger charge is 2.39. The van der Waals surface area contributed by atoms with Crippen LogP contribution >= 0.6 is 12.4 Å². The van der Waals surface area contributed by atoms with E-state index in [1.165, 1.54) is 0 Å². The van der Waals surface area contributed by atoms with Gasteiger partial charge in [0.25, 0.3) is 0 Å². The fourth-order valence-electron chi connectivity index (χ4n) is 2.31. The second-order valence-corrected chi connectivity index (χ2v) is 4.96. The molecule has 1 atom stereocenters. The van der Waals surface area contributed by atoms with Crippen LogP contribution in [0, 0.1) is 5.92 Å². The van der Waals surface area contributed by atoms with Crippen LogP contribution in [0.3, 0.4) is 0 Å². The first-order valence-corrected chi connectivity index (χ1v) is 5.96. The van der Waals surface area contributed by atoms with Crippen molar-refractivity contribution in [1.29, 1.82) is 0 Å². The fraction of sp³-hybridized carbons (Fsp3) is 0.818. The van der Waals surface area contributed by atoms with Crippen molar-refractivity contribution in [2.45, 2.75) is 37.6 Å². The van der Waals surface area contributed by atoms with Crippen LogP contribution < -0.4 is 5.73 Å². The highest BCUT2D eigenvalue weighted by atomic mass is 35.5. The van der Waals surface area contributed by atoms with E-state index in [1.807, 2.05) is 0 Å². The average Bonchev–Trinajstić information content (AvgIpc) is 2.86. The van der Waals surface area contributed by atoms with Gasteiger partial charge in [-0.05, 0) is 31.6 Å². The molecule has 0 spiro atoms. The smallest absolute Gasteiger partial charge is 0.227 e. The molecule has 1 aliphatic carbocycles. The lowest BCUT2D eigenvalue weighted by Gasteiger charge is -2.34. The first-order chi connectivity index (χ1) is 7.76. The number of hydrogen-bond acceptors (Lipinski definition) is 5. The van der Waals surface area contributed by atoms with Crippen LogP contribution in [0.2, 0.25) is 0 Å². The summed E-state index contributed by atoms with van der Waals surface area (Å²) >= 11 is 0. The summed E-state index contributed by atoms with van der Waals surface area (Å²) in [6.45, 7) is 1.66. The summed E-state index contributed by atoms with van der Waals surface area (Å²) in [7, 11) is 0. The van der Waals surface area contributed by atoms with E-state index in [9.17, 15) is 0 Å². The van der Waals surface area contributed by atoms with Crippen molar-refractivity contribution in [2.75, 3.05) is 13.2 Å². The highest BCUT2D eigenvalue weighted by Crippen LogP contribution is 2.37. The topological polar surface area (TPSA) is 74.2 Å². The Bertz CT molecular complexity index is 373. The van der Waals surface area contributed by atoms with Gasteiger partial charge in [0, 0.05) is 19.6 Å². The Labute approximate surface area is 106 Å². The summed E-state index contributed by atoms with van der Waals surface area (Å²) < 4.78 is 10.6. The lowest BCUT2D eigenvalue weighted by atomic mass is 9.77. The van der Waals surface area contributed by atoms with Gasteiger partial charge in [0.1, 0.15) is 0 Å². The van der Waals surface area contributed by atoms with Crippen molar-refractivity contribution >= 4 is 12.4 Å². The summed E-state index contributed by atoms with van der Waals surface area (Å²) in [6, 6.07) is 0. The maximum Gasteiger partial charge on any atom is 0.227 e. The van der Waals surface area contributed by atoms with E-state index < -0.39 is 0 Å². The Kier molecular flexibility index (Phi) is 3.70. The molecule has 1 saturated carbocycles. The number of nitrogens with zero attached hydrogens (tertiary/aromatic N) is 2. The van der Waals surface area contributed by atoms with E-state index in [4.69, 9.17) is 15.0 Å². The molecule has 1 aromatic rings. The molecule has 0 aromatic carbocycles. The second-order valence-electron chi connectivity index (χ2n) is 4.96. The van der Waals surface area contributed by atoms with Crippen LogP contribution in [0.4, 0.5) is 0 Å². The lowest BCUT2D eigenvalue weighted by Crippen LogP contribution is -2.44. The predicted molar refractivity (Wildman–Crippen MR) is 63.9 cm³/mol. The zero-order valence-electron chi connectivity index (χ0n) is 9.72. The molecular formula is C11H18ClN3O2. The predicted octanol–water partition coefficient (Wildman–Crippen LogP) is 1.41. The van der Waals surface area contributed by atoms with E-state index in [0.29, 0.717) is 17.6 Å². The molecule has 2 fully saturated rings. The maximum absolute atomic E-state index is 6.14. The summed E-state index contributed by atoms with van der Waals surface area (Å²) in [4.78, 5) is 4.41. The molecule has 1 aromatic heterocycles. The molecule has 0 amide bonds. The zero-order chi connectivity index (χ0) is 11.0. The van der Waals surface area contributed by atoms with Gasteiger partial charge >= 0.3 is 0 Å². The summed E-state index contributed by atoms with van der Waals surface area (Å²) in [6.07, 6.45) is 5.02. The van der Waals surface area contributed by atoms with Crippen molar-refractivity contribution in [3.63, 3.8) is 0 Å². The number of nitrogens with two attached hydrogens (primary N) is 1. The Balaban J connectivity index is 0.00000108. The summed E-state index contributed by atoms with van der Waals surface area (Å²) in [5, 5.41) is 4.00. The maximum atomic E-state index is 6.14. The third kappa shape index (κ3) is 2.46. The molecule has 2 N–H and O–H groups in total. The first-order valence-electron chi connectivity index (χ1n) is 5.96. The Hall–Kier alpha value is -0.650. The molecular weight excluding hydrogens is 242 g/mol. The molecule has 1 saturated heterocycles. The van der Waals surface area contributed by atoms with Crippen LogP contribution in [0.15, 0.2) is 4.52 Å². The molecule has 6 heteroatoms. The molecule has 5 nitrogen and oxygen atoms in total. The quantitative estimate of drug-likeness (QED) is 0.888. The van der Waals surface area contributed by atoms with Crippen LogP contribution in [0.1, 0.15) is 37.4 Å². The Morgan fingerprint density at radius 3 is 2.82 bits per heavy atom. The normalized spacial score (nSPS) is 26.3. The van der Waals surface area contributed by atoms with Gasteiger partial charge in [0.05, 0.1) is 5.54 Å². The Morgan fingerprint density at radius 2 is 2.24 bits per heavy atom. The minimum atomic E-state index is -0.312. The number of aromatic nitrogens is 2. The number of ether oxygens (including phenoxy) is 1. The van der Waals surface area contributed by atoms with Crippen molar-refractivity contribution < 1.29 is 9.26 Å². The molecule has 17 heavy (non-hydrogen) atoms. The molecule has 1 aliphatic heterocycles. The van der Waals surface area contributed by atoms with Gasteiger partial charge in [-0.1, -0.05) is 5.16 Å². The molecule has 2 heterocycles. The summed E-state index contributed by atoms with van der Waals surface area (Å²) in [5.74, 6) is 1.93. The first kappa shape index (κ1) is 12.8. The van der Waals surface area contributed by atoms with E-state index in [2.05, 4.69) is 10.1 Å². The standard InChI is InChI=1S/C11H17N3O2.ClH/c12-11(3-1-4-11)10-13-9(16-14-10)6-8-2-5-15-7-8;/h8H,1-7,12H2;1H. The fourth-order valence-corrected chi connectivity index (χ4v) is 2.31. The third-order valence-electron chi connectivity index (χ3n) is 3.65. The molecule has 0 radical (unpaired) electrons. The minimum absolute atomic E-state index is 0. The van der Waals surface area contributed by atoms with Crippen LogP contribution in [0.25, 0.3) is 0 Å². The van der Waals surface area contributed by atoms with Crippen LogP contribution in [-0.2, 0) is 16.7 Å². The average molecular weight is 260 g/mol. The van der Waals surface area contributed by atoms with Gasteiger partial charge in [-0.2, -0.15) is 4.98 Å². The lowest BCUT2D eigenvalue weighted by molar-refractivity contribution is 0.183. The zero-order valence-corrected chi connectivity index (χ0v) is 10.5. The summed E-state index contributed by atoms with van der Waals surface area (Å²) in [5.41, 5.74) is 5.82. The van der Waals surface area contributed by atoms with Crippen molar-refractivity contribution in [3.8, 4) is 0 Å². The van der Waals surface area contributed by atoms with Gasteiger partial charge in [0.15, 0.2) is 5.82 Å². The molecule has 1 unspecified atom stereocenters. The third-order valence-corrected chi connectivity index (χ3v) is 3.65. The van der Waals surface area contributed by atoms with Crippen LogP contribution in [-0.4, -0.2) is 23.4 Å². The number of rotatable bonds is 3. The van der Waals surface area contributed by atoms with E-state index in [0.717, 1.165) is 45.3 Å². The molecule has 96 valence electrons. The van der Waals surface area contributed by atoms with Gasteiger partial charge in [-0.15, -0.1) is 12.4 Å². The van der Waals surface area contributed by atoms with Gasteiger partial charge in [-0.25, -0.2) is 0 Å². The molecule has 2 aliphatic rings. The van der Waals surface area contributed by atoms with Crippen LogP contribution in [0.5, 0.6) is 0 Å². The molecule has 3 rings (SSSR count). The monoisotopic (exact) mass is 259 g/mol. The highest BCUT2D eigenvalue weighted by molar-refractivity contribution is 5.85.